The number of aromatic nitrogens is 1. The summed E-state index contributed by atoms with van der Waals surface area (Å²) in [5.74, 6) is -2.09. The largest absolute Gasteiger partial charge is 0.318 e. The highest BCUT2D eigenvalue weighted by molar-refractivity contribution is 6.02. The van der Waals surface area contributed by atoms with Crippen LogP contribution in [0.15, 0.2) is 35.1 Å². The summed E-state index contributed by atoms with van der Waals surface area (Å²) in [5.41, 5.74) is -0.627. The highest BCUT2D eigenvalue weighted by atomic mass is 19.1. The van der Waals surface area contributed by atoms with E-state index >= 15 is 0 Å². The molecular weight excluding hydrogens is 254 g/mol. The Morgan fingerprint density at radius 1 is 1.21 bits per heavy atom. The fraction of sp³-hybridized carbons (Fsp3) is 0.0769. The van der Waals surface area contributed by atoms with E-state index in [0.29, 0.717) is 0 Å². The van der Waals surface area contributed by atoms with Crippen molar-refractivity contribution in [1.29, 1.82) is 0 Å². The molecule has 1 heterocycles. The van der Waals surface area contributed by atoms with Gasteiger partial charge in [-0.25, -0.2) is 8.78 Å². The normalized spacial score (nSPS) is 10.3. The molecule has 1 amide bonds. The SMILES string of the molecule is Cc1cc(F)c(NC(=O)c2cccc(=O)[nH]2)cc1F. The van der Waals surface area contributed by atoms with E-state index in [1.54, 1.807) is 0 Å². The van der Waals surface area contributed by atoms with Gasteiger partial charge in [-0.3, -0.25) is 9.59 Å². The number of nitrogens with one attached hydrogen (secondary N) is 2. The van der Waals surface area contributed by atoms with E-state index < -0.39 is 23.1 Å². The molecule has 0 aliphatic rings. The zero-order chi connectivity index (χ0) is 14.0. The first-order valence-electron chi connectivity index (χ1n) is 5.43. The van der Waals surface area contributed by atoms with Gasteiger partial charge in [0.15, 0.2) is 0 Å². The molecular formula is C13H10F2N2O2. The van der Waals surface area contributed by atoms with Gasteiger partial charge in [-0.05, 0) is 24.6 Å². The molecule has 0 aliphatic heterocycles. The first kappa shape index (κ1) is 12.9. The first-order chi connectivity index (χ1) is 8.97. The molecule has 6 heteroatoms. The van der Waals surface area contributed by atoms with Crippen molar-refractivity contribution in [2.75, 3.05) is 5.32 Å². The Hall–Kier alpha value is -2.50. The topological polar surface area (TPSA) is 62.0 Å². The minimum absolute atomic E-state index is 0.0344. The zero-order valence-corrected chi connectivity index (χ0v) is 9.96. The molecule has 2 rings (SSSR count). The molecule has 0 saturated heterocycles. The second-order valence-electron chi connectivity index (χ2n) is 3.96. The quantitative estimate of drug-likeness (QED) is 0.873. The fourth-order valence-electron chi connectivity index (χ4n) is 1.51. The maximum Gasteiger partial charge on any atom is 0.272 e. The molecule has 19 heavy (non-hydrogen) atoms. The summed E-state index contributed by atoms with van der Waals surface area (Å²) in [6.45, 7) is 1.42. The van der Waals surface area contributed by atoms with Crippen molar-refractivity contribution in [3.8, 4) is 0 Å². The van der Waals surface area contributed by atoms with Gasteiger partial charge in [0.25, 0.3) is 5.91 Å². The number of rotatable bonds is 2. The van der Waals surface area contributed by atoms with E-state index in [0.717, 1.165) is 12.1 Å². The number of amides is 1. The van der Waals surface area contributed by atoms with Crippen molar-refractivity contribution in [3.63, 3.8) is 0 Å². The second-order valence-corrected chi connectivity index (χ2v) is 3.96. The summed E-state index contributed by atoms with van der Waals surface area (Å²) in [4.78, 5) is 25.1. The van der Waals surface area contributed by atoms with Gasteiger partial charge in [0.2, 0.25) is 5.56 Å². The second kappa shape index (κ2) is 5.01. The van der Waals surface area contributed by atoms with Crippen molar-refractivity contribution < 1.29 is 13.6 Å². The molecule has 0 aliphatic carbocycles. The molecule has 1 aromatic heterocycles. The number of hydrogen-bond acceptors (Lipinski definition) is 2. The molecule has 0 saturated carbocycles. The average Bonchev–Trinajstić information content (AvgIpc) is 2.36. The van der Waals surface area contributed by atoms with Crippen molar-refractivity contribution in [2.24, 2.45) is 0 Å². The Morgan fingerprint density at radius 3 is 2.63 bits per heavy atom. The van der Waals surface area contributed by atoms with Crippen LogP contribution in [0.2, 0.25) is 0 Å². The molecule has 0 fully saturated rings. The minimum Gasteiger partial charge on any atom is -0.318 e. The molecule has 0 bridgehead atoms. The number of aromatic amines is 1. The van der Waals surface area contributed by atoms with Crippen molar-refractivity contribution in [2.45, 2.75) is 6.92 Å². The van der Waals surface area contributed by atoms with E-state index in [1.807, 2.05) is 0 Å². The molecule has 0 atom stereocenters. The lowest BCUT2D eigenvalue weighted by Crippen LogP contribution is -2.18. The van der Waals surface area contributed by atoms with Gasteiger partial charge in [-0.15, -0.1) is 0 Å². The molecule has 4 nitrogen and oxygen atoms in total. The van der Waals surface area contributed by atoms with Gasteiger partial charge < -0.3 is 10.3 Å². The predicted octanol–water partition coefficient (Wildman–Crippen LogP) is 2.21. The van der Waals surface area contributed by atoms with Crippen LogP contribution >= 0.6 is 0 Å². The zero-order valence-electron chi connectivity index (χ0n) is 9.96. The Morgan fingerprint density at radius 2 is 1.95 bits per heavy atom. The maximum atomic E-state index is 13.5. The summed E-state index contributed by atoms with van der Waals surface area (Å²) in [7, 11) is 0. The predicted molar refractivity (Wildman–Crippen MR) is 66.1 cm³/mol. The van der Waals surface area contributed by atoms with Crippen molar-refractivity contribution in [3.05, 3.63) is 63.6 Å². The monoisotopic (exact) mass is 264 g/mol. The number of aryl methyl sites for hydroxylation is 1. The van der Waals surface area contributed by atoms with Gasteiger partial charge in [-0.1, -0.05) is 6.07 Å². The van der Waals surface area contributed by atoms with Gasteiger partial charge in [-0.2, -0.15) is 0 Å². The Bertz CT molecular complexity index is 695. The Kier molecular flexibility index (Phi) is 3.41. The van der Waals surface area contributed by atoms with Crippen LogP contribution in [0.4, 0.5) is 14.5 Å². The molecule has 0 radical (unpaired) electrons. The minimum atomic E-state index is -0.745. The van der Waals surface area contributed by atoms with Gasteiger partial charge in [0.05, 0.1) is 5.69 Å². The molecule has 1 aromatic carbocycles. The van der Waals surface area contributed by atoms with E-state index in [-0.39, 0.29) is 16.9 Å². The highest BCUT2D eigenvalue weighted by Gasteiger charge is 2.12. The van der Waals surface area contributed by atoms with Gasteiger partial charge in [0, 0.05) is 12.1 Å². The van der Waals surface area contributed by atoms with Crippen LogP contribution in [-0.2, 0) is 0 Å². The van der Waals surface area contributed by atoms with Crippen LogP contribution in [-0.4, -0.2) is 10.9 Å². The number of halogens is 2. The lowest BCUT2D eigenvalue weighted by molar-refractivity contribution is 0.102. The molecule has 2 aromatic rings. The van der Waals surface area contributed by atoms with E-state index in [9.17, 15) is 18.4 Å². The van der Waals surface area contributed by atoms with Crippen LogP contribution in [0.5, 0.6) is 0 Å². The summed E-state index contributed by atoms with van der Waals surface area (Å²) < 4.78 is 26.8. The molecule has 98 valence electrons. The summed E-state index contributed by atoms with van der Waals surface area (Å²) in [5, 5.41) is 2.20. The number of pyridine rings is 1. The number of benzene rings is 1. The highest BCUT2D eigenvalue weighted by Crippen LogP contribution is 2.19. The van der Waals surface area contributed by atoms with Crippen LogP contribution in [0.25, 0.3) is 0 Å². The van der Waals surface area contributed by atoms with E-state index in [4.69, 9.17) is 0 Å². The van der Waals surface area contributed by atoms with Crippen molar-refractivity contribution >= 4 is 11.6 Å². The summed E-state index contributed by atoms with van der Waals surface area (Å²) >= 11 is 0. The smallest absolute Gasteiger partial charge is 0.272 e. The van der Waals surface area contributed by atoms with Gasteiger partial charge >= 0.3 is 0 Å². The van der Waals surface area contributed by atoms with Crippen LogP contribution in [0, 0.1) is 18.6 Å². The molecule has 0 unspecified atom stereocenters. The van der Waals surface area contributed by atoms with Crippen LogP contribution in [0.1, 0.15) is 16.1 Å². The standard InChI is InChI=1S/C13H10F2N2O2/c1-7-5-9(15)11(6-8(7)14)17-13(19)10-3-2-4-12(18)16-10/h2-6H,1H3,(H,16,18)(H,17,19). The lowest BCUT2D eigenvalue weighted by atomic mass is 10.2. The molecule has 0 spiro atoms. The Balaban J connectivity index is 2.29. The number of carbonyl (C=O) groups excluding carboxylic acids is 1. The summed E-state index contributed by atoms with van der Waals surface area (Å²) in [6.07, 6.45) is 0. The third-order valence-electron chi connectivity index (χ3n) is 2.51. The van der Waals surface area contributed by atoms with Gasteiger partial charge in [0.1, 0.15) is 17.3 Å². The lowest BCUT2D eigenvalue weighted by Gasteiger charge is -2.07. The number of carbonyl (C=O) groups is 1. The number of H-pyrrole nitrogens is 1. The molecule has 2 N–H and O–H groups in total. The Labute approximate surface area is 107 Å². The third kappa shape index (κ3) is 2.85. The maximum absolute atomic E-state index is 13.5. The average molecular weight is 264 g/mol. The number of hydrogen-bond donors (Lipinski definition) is 2. The van der Waals surface area contributed by atoms with E-state index in [2.05, 4.69) is 10.3 Å². The first-order valence-corrected chi connectivity index (χ1v) is 5.43. The van der Waals surface area contributed by atoms with Crippen molar-refractivity contribution in [1.82, 2.24) is 4.98 Å². The summed E-state index contributed by atoms with van der Waals surface area (Å²) in [6, 6.07) is 5.87. The van der Waals surface area contributed by atoms with Crippen LogP contribution in [0.3, 0.4) is 0 Å². The van der Waals surface area contributed by atoms with E-state index in [1.165, 1.54) is 25.1 Å². The number of anilines is 1. The third-order valence-corrected chi connectivity index (χ3v) is 2.51. The fourth-order valence-corrected chi connectivity index (χ4v) is 1.51. The van der Waals surface area contributed by atoms with Crippen LogP contribution < -0.4 is 10.9 Å².